The summed E-state index contributed by atoms with van der Waals surface area (Å²) in [5.41, 5.74) is 6.05. The molecule has 136 valence electrons. The van der Waals surface area contributed by atoms with Crippen LogP contribution in [0.5, 0.6) is 0 Å². The van der Waals surface area contributed by atoms with Crippen molar-refractivity contribution in [3.63, 3.8) is 0 Å². The summed E-state index contributed by atoms with van der Waals surface area (Å²) in [6.07, 6.45) is 4.64. The molecule has 27 heavy (non-hydrogen) atoms. The van der Waals surface area contributed by atoms with Gasteiger partial charge in [0.1, 0.15) is 6.04 Å². The van der Waals surface area contributed by atoms with Crippen LogP contribution in [-0.2, 0) is 16.0 Å². The van der Waals surface area contributed by atoms with E-state index in [1.807, 2.05) is 0 Å². The fraction of sp³-hybridized carbons (Fsp3) is 0.118. The quantitative estimate of drug-likeness (QED) is 0.550. The van der Waals surface area contributed by atoms with Crippen LogP contribution in [0.4, 0.5) is 0 Å². The fourth-order valence-electron chi connectivity index (χ4n) is 2.37. The number of carbonyl (C=O) groups excluding carboxylic acids is 3. The highest BCUT2D eigenvalue weighted by atomic mass is 16.6. The van der Waals surface area contributed by atoms with Gasteiger partial charge in [-0.05, 0) is 34.1 Å². The van der Waals surface area contributed by atoms with Gasteiger partial charge in [0.2, 0.25) is 11.5 Å². The first kappa shape index (κ1) is 17.9. The molecule has 10 nitrogen and oxygen atoms in total. The van der Waals surface area contributed by atoms with E-state index in [1.165, 1.54) is 12.4 Å². The molecule has 0 radical (unpaired) electrons. The second-order valence-electron chi connectivity index (χ2n) is 5.50. The molecule has 3 rings (SSSR count). The normalized spacial score (nSPS) is 11.6. The average molecular weight is 366 g/mol. The van der Waals surface area contributed by atoms with Crippen LogP contribution in [0.1, 0.15) is 16.1 Å². The Hall–Kier alpha value is -3.95. The first-order valence-electron chi connectivity index (χ1n) is 7.83. The first-order chi connectivity index (χ1) is 13.1. The second-order valence-corrected chi connectivity index (χ2v) is 5.50. The fourth-order valence-corrected chi connectivity index (χ4v) is 2.37. The molecule has 0 aliphatic rings. The van der Waals surface area contributed by atoms with Crippen molar-refractivity contribution in [3.8, 4) is 11.4 Å². The van der Waals surface area contributed by atoms with E-state index < -0.39 is 23.6 Å². The molecule has 1 atom stereocenters. The highest BCUT2D eigenvalue weighted by Gasteiger charge is 2.29. The Bertz CT molecular complexity index is 958. The zero-order valence-electron chi connectivity index (χ0n) is 13.9. The number of rotatable bonds is 7. The van der Waals surface area contributed by atoms with Crippen LogP contribution in [0, 0.1) is 0 Å². The van der Waals surface area contributed by atoms with Gasteiger partial charge >= 0.3 is 0 Å². The smallest absolute Gasteiger partial charge is 0.287 e. The highest BCUT2D eigenvalue weighted by molar-refractivity contribution is 6.38. The van der Waals surface area contributed by atoms with Crippen LogP contribution in [0.15, 0.2) is 53.6 Å². The van der Waals surface area contributed by atoms with Gasteiger partial charge in [0.15, 0.2) is 5.69 Å². The molecule has 3 N–H and O–H groups in total. The average Bonchev–Trinajstić information content (AvgIpc) is 3.18. The Morgan fingerprint density at radius 1 is 1.11 bits per heavy atom. The maximum absolute atomic E-state index is 12.6. The predicted octanol–water partition coefficient (Wildman–Crippen LogP) is -0.0779. The number of hydrogen-bond acceptors (Lipinski definition) is 8. The standard InChI is InChI=1S/C17H14N6O4/c18-16(25)15(24)12(8-10-4-3-6-19-9-10)21-17(26)14-13(22-27-23-14)11-5-1-2-7-20-11/h1-7,9,12H,8H2,(H2,18,25)(H,21,26). The minimum absolute atomic E-state index is 0.0333. The van der Waals surface area contributed by atoms with Gasteiger partial charge in [0, 0.05) is 25.0 Å². The van der Waals surface area contributed by atoms with Gasteiger partial charge in [-0.2, -0.15) is 0 Å². The number of aromatic nitrogens is 4. The summed E-state index contributed by atoms with van der Waals surface area (Å²) in [7, 11) is 0. The van der Waals surface area contributed by atoms with Crippen LogP contribution in [0.3, 0.4) is 0 Å². The van der Waals surface area contributed by atoms with Gasteiger partial charge in [-0.25, -0.2) is 4.63 Å². The summed E-state index contributed by atoms with van der Waals surface area (Å²) < 4.78 is 4.64. The molecule has 0 aliphatic carbocycles. The lowest BCUT2D eigenvalue weighted by atomic mass is 10.0. The Kier molecular flexibility index (Phi) is 5.26. The number of ketones is 1. The van der Waals surface area contributed by atoms with E-state index in [1.54, 1.807) is 36.5 Å². The number of nitrogens with one attached hydrogen (secondary N) is 1. The molecule has 10 heteroatoms. The monoisotopic (exact) mass is 366 g/mol. The Morgan fingerprint density at radius 2 is 1.96 bits per heavy atom. The maximum Gasteiger partial charge on any atom is 0.287 e. The van der Waals surface area contributed by atoms with Gasteiger partial charge in [-0.15, -0.1) is 0 Å². The molecule has 0 saturated heterocycles. The van der Waals surface area contributed by atoms with E-state index in [2.05, 4.69) is 30.2 Å². The third-order valence-electron chi connectivity index (χ3n) is 3.64. The molecule has 0 aliphatic heterocycles. The van der Waals surface area contributed by atoms with Crippen molar-refractivity contribution in [1.29, 1.82) is 0 Å². The largest absolute Gasteiger partial charge is 0.363 e. The summed E-state index contributed by atoms with van der Waals surface area (Å²) in [4.78, 5) is 44.1. The predicted molar refractivity (Wildman–Crippen MR) is 90.9 cm³/mol. The summed E-state index contributed by atoms with van der Waals surface area (Å²) in [5.74, 6) is -2.85. The first-order valence-corrected chi connectivity index (χ1v) is 7.83. The highest BCUT2D eigenvalue weighted by Crippen LogP contribution is 2.17. The van der Waals surface area contributed by atoms with Crippen molar-refractivity contribution in [3.05, 3.63) is 60.2 Å². The van der Waals surface area contributed by atoms with Crippen LogP contribution < -0.4 is 11.1 Å². The van der Waals surface area contributed by atoms with Gasteiger partial charge in [0.25, 0.3) is 11.8 Å². The van der Waals surface area contributed by atoms with Crippen LogP contribution in [-0.4, -0.2) is 43.9 Å². The minimum atomic E-state index is -1.19. The summed E-state index contributed by atoms with van der Waals surface area (Å²) in [6.45, 7) is 0. The summed E-state index contributed by atoms with van der Waals surface area (Å²) in [5, 5.41) is 9.71. The van der Waals surface area contributed by atoms with Gasteiger partial charge in [-0.3, -0.25) is 24.4 Å². The number of primary amides is 1. The maximum atomic E-state index is 12.6. The lowest BCUT2D eigenvalue weighted by Gasteiger charge is -2.15. The number of hydrogen-bond donors (Lipinski definition) is 2. The van der Waals surface area contributed by atoms with Crippen molar-refractivity contribution in [2.75, 3.05) is 0 Å². The minimum Gasteiger partial charge on any atom is -0.363 e. The SMILES string of the molecule is NC(=O)C(=O)C(Cc1cccnc1)NC(=O)c1nonc1-c1ccccn1. The number of nitrogens with two attached hydrogens (primary N) is 1. The third-order valence-corrected chi connectivity index (χ3v) is 3.64. The molecular weight excluding hydrogens is 352 g/mol. The lowest BCUT2D eigenvalue weighted by molar-refractivity contribution is -0.137. The molecule has 0 aromatic carbocycles. The Balaban J connectivity index is 1.84. The van der Waals surface area contributed by atoms with Crippen molar-refractivity contribution in [2.24, 2.45) is 5.73 Å². The van der Waals surface area contributed by atoms with Gasteiger partial charge in [-0.1, -0.05) is 12.1 Å². The van der Waals surface area contributed by atoms with E-state index in [0.717, 1.165) is 0 Å². The number of carbonyl (C=O) groups is 3. The number of amides is 2. The summed E-state index contributed by atoms with van der Waals surface area (Å²) >= 11 is 0. The molecule has 3 aromatic heterocycles. The molecule has 0 bridgehead atoms. The van der Waals surface area contributed by atoms with Crippen LogP contribution in [0.25, 0.3) is 11.4 Å². The second kappa shape index (κ2) is 7.95. The number of Topliss-reactive ketones (excluding diaryl/α,β-unsaturated/α-hetero) is 1. The van der Waals surface area contributed by atoms with E-state index in [9.17, 15) is 14.4 Å². The number of pyridine rings is 2. The zero-order valence-corrected chi connectivity index (χ0v) is 13.9. The molecule has 3 aromatic rings. The zero-order chi connectivity index (χ0) is 19.2. The van der Waals surface area contributed by atoms with Crippen molar-refractivity contribution < 1.29 is 19.0 Å². The van der Waals surface area contributed by atoms with Crippen molar-refractivity contribution in [2.45, 2.75) is 12.5 Å². The van der Waals surface area contributed by atoms with E-state index in [4.69, 9.17) is 5.73 Å². The molecule has 2 amide bonds. The third kappa shape index (κ3) is 4.18. The molecule has 1 unspecified atom stereocenters. The van der Waals surface area contributed by atoms with Gasteiger partial charge < -0.3 is 11.1 Å². The van der Waals surface area contributed by atoms with Crippen LogP contribution >= 0.6 is 0 Å². The van der Waals surface area contributed by atoms with Gasteiger partial charge in [0.05, 0.1) is 5.69 Å². The lowest BCUT2D eigenvalue weighted by Crippen LogP contribution is -2.47. The Morgan fingerprint density at radius 3 is 2.63 bits per heavy atom. The molecule has 3 heterocycles. The molecule has 0 saturated carbocycles. The van der Waals surface area contributed by atoms with Crippen molar-refractivity contribution in [1.82, 2.24) is 25.6 Å². The van der Waals surface area contributed by atoms with E-state index in [-0.39, 0.29) is 17.8 Å². The van der Waals surface area contributed by atoms with E-state index >= 15 is 0 Å². The van der Waals surface area contributed by atoms with Crippen molar-refractivity contribution >= 4 is 17.6 Å². The molecule has 0 fully saturated rings. The molecule has 0 spiro atoms. The van der Waals surface area contributed by atoms with E-state index in [0.29, 0.717) is 11.3 Å². The number of nitrogens with zero attached hydrogens (tertiary/aromatic N) is 4. The topological polar surface area (TPSA) is 154 Å². The molecular formula is C17H14N6O4. The van der Waals surface area contributed by atoms with Crippen LogP contribution in [0.2, 0.25) is 0 Å². The Labute approximate surface area is 152 Å². The summed E-state index contributed by atoms with van der Waals surface area (Å²) in [6, 6.07) is 7.22.